The quantitative estimate of drug-likeness (QED) is 0.848. The molecule has 1 N–H and O–H groups in total. The van der Waals surface area contributed by atoms with Crippen LogP contribution in [0, 0.1) is 0 Å². The molecule has 6 nitrogen and oxygen atoms in total. The lowest BCUT2D eigenvalue weighted by Gasteiger charge is -2.43. The Bertz CT molecular complexity index is 519. The van der Waals surface area contributed by atoms with Crippen LogP contribution in [0.15, 0.2) is 30.3 Å². The van der Waals surface area contributed by atoms with Crippen molar-refractivity contribution in [1.29, 1.82) is 0 Å². The molecule has 0 radical (unpaired) electrons. The summed E-state index contributed by atoms with van der Waals surface area (Å²) in [4.78, 5) is 11.6. The van der Waals surface area contributed by atoms with E-state index >= 15 is 0 Å². The molecule has 126 valence electrons. The largest absolute Gasteiger partial charge is 0.466 e. The number of esters is 1. The Labute approximate surface area is 135 Å². The van der Waals surface area contributed by atoms with Crippen molar-refractivity contribution >= 4 is 5.97 Å². The van der Waals surface area contributed by atoms with E-state index in [1.54, 1.807) is 6.92 Å². The summed E-state index contributed by atoms with van der Waals surface area (Å²) in [6.45, 7) is 2.44. The normalized spacial score (nSPS) is 33.7. The summed E-state index contributed by atoms with van der Waals surface area (Å²) in [5, 5.41) is 10.2. The third-order valence-corrected chi connectivity index (χ3v) is 4.12. The first-order chi connectivity index (χ1) is 11.2. The van der Waals surface area contributed by atoms with Gasteiger partial charge in [0.05, 0.1) is 37.9 Å². The number of hydrogen-bond acceptors (Lipinski definition) is 6. The zero-order chi connectivity index (χ0) is 16.2. The first-order valence-electron chi connectivity index (χ1n) is 7.98. The molecule has 5 atom stereocenters. The van der Waals surface area contributed by atoms with Gasteiger partial charge in [0.2, 0.25) is 0 Å². The molecule has 2 aliphatic rings. The summed E-state index contributed by atoms with van der Waals surface area (Å²) in [6.07, 6.45) is -1.84. The average Bonchev–Trinajstić information content (AvgIpc) is 2.56. The highest BCUT2D eigenvalue weighted by molar-refractivity contribution is 5.70. The summed E-state index contributed by atoms with van der Waals surface area (Å²) >= 11 is 0. The molecule has 0 aliphatic carbocycles. The maximum atomic E-state index is 11.6. The van der Waals surface area contributed by atoms with Crippen LogP contribution in [0.25, 0.3) is 0 Å². The van der Waals surface area contributed by atoms with Crippen LogP contribution in [-0.2, 0) is 23.7 Å². The van der Waals surface area contributed by atoms with Crippen molar-refractivity contribution < 1.29 is 28.8 Å². The first-order valence-corrected chi connectivity index (χ1v) is 7.98. The number of rotatable bonds is 4. The van der Waals surface area contributed by atoms with Crippen LogP contribution >= 0.6 is 0 Å². The summed E-state index contributed by atoms with van der Waals surface area (Å²) < 4.78 is 22.4. The number of carbonyl (C=O) groups excluding carboxylic acids is 1. The van der Waals surface area contributed by atoms with Crippen molar-refractivity contribution in [2.45, 2.75) is 50.5 Å². The molecule has 3 rings (SSSR count). The molecular formula is C17H22O6. The third-order valence-electron chi connectivity index (χ3n) is 4.12. The van der Waals surface area contributed by atoms with Crippen LogP contribution < -0.4 is 0 Å². The second-order valence-corrected chi connectivity index (χ2v) is 5.78. The molecule has 0 amide bonds. The molecule has 1 aromatic rings. The van der Waals surface area contributed by atoms with Crippen molar-refractivity contribution in [3.8, 4) is 0 Å². The van der Waals surface area contributed by atoms with Gasteiger partial charge in [0.15, 0.2) is 6.29 Å². The molecule has 6 heteroatoms. The number of aliphatic hydroxyl groups is 1. The molecule has 2 heterocycles. The van der Waals surface area contributed by atoms with Gasteiger partial charge in [-0.2, -0.15) is 0 Å². The van der Waals surface area contributed by atoms with Crippen LogP contribution in [0.1, 0.15) is 31.6 Å². The number of carbonyl (C=O) groups is 1. The fraction of sp³-hybridized carbons (Fsp3) is 0.588. The smallest absolute Gasteiger partial charge is 0.308 e. The molecule has 2 fully saturated rings. The second kappa shape index (κ2) is 7.40. The minimum Gasteiger partial charge on any atom is -0.466 e. The Hall–Kier alpha value is -1.47. The van der Waals surface area contributed by atoms with Crippen LogP contribution in [0.4, 0.5) is 0 Å². The highest BCUT2D eigenvalue weighted by Gasteiger charge is 2.43. The van der Waals surface area contributed by atoms with Gasteiger partial charge in [-0.15, -0.1) is 0 Å². The number of fused-ring (bicyclic) bond motifs is 1. The summed E-state index contributed by atoms with van der Waals surface area (Å²) in [6, 6.07) is 9.66. The minimum atomic E-state index is -0.754. The van der Waals surface area contributed by atoms with E-state index in [0.29, 0.717) is 19.6 Å². The van der Waals surface area contributed by atoms with Crippen molar-refractivity contribution in [2.24, 2.45) is 0 Å². The Morgan fingerprint density at radius 3 is 2.78 bits per heavy atom. The average molecular weight is 322 g/mol. The molecule has 1 unspecified atom stereocenters. The van der Waals surface area contributed by atoms with E-state index in [0.717, 1.165) is 5.56 Å². The van der Waals surface area contributed by atoms with Crippen molar-refractivity contribution in [3.63, 3.8) is 0 Å². The van der Waals surface area contributed by atoms with E-state index < -0.39 is 18.5 Å². The lowest BCUT2D eigenvalue weighted by molar-refractivity contribution is -0.302. The van der Waals surface area contributed by atoms with E-state index in [9.17, 15) is 9.90 Å². The summed E-state index contributed by atoms with van der Waals surface area (Å²) in [5.41, 5.74) is 0.939. The predicted octanol–water partition coefficient (Wildman–Crippen LogP) is 1.57. The Kier molecular flexibility index (Phi) is 5.27. The lowest BCUT2D eigenvalue weighted by Crippen LogP contribution is -2.53. The van der Waals surface area contributed by atoms with Crippen LogP contribution in [0.3, 0.4) is 0 Å². The van der Waals surface area contributed by atoms with Gasteiger partial charge < -0.3 is 24.1 Å². The fourth-order valence-electron chi connectivity index (χ4n) is 2.97. The minimum absolute atomic E-state index is 0.0420. The molecule has 0 bridgehead atoms. The van der Waals surface area contributed by atoms with Crippen LogP contribution in [0.5, 0.6) is 0 Å². The van der Waals surface area contributed by atoms with Crippen LogP contribution in [-0.4, -0.2) is 48.7 Å². The molecule has 0 spiro atoms. The van der Waals surface area contributed by atoms with Gasteiger partial charge in [0, 0.05) is 12.0 Å². The Balaban J connectivity index is 1.59. The highest BCUT2D eigenvalue weighted by atomic mass is 16.7. The van der Waals surface area contributed by atoms with Gasteiger partial charge in [-0.25, -0.2) is 0 Å². The Morgan fingerprint density at radius 2 is 2.04 bits per heavy atom. The molecular weight excluding hydrogens is 300 g/mol. The predicted molar refractivity (Wildman–Crippen MR) is 80.5 cm³/mol. The maximum Gasteiger partial charge on any atom is 0.308 e. The number of benzene rings is 1. The molecule has 1 aromatic carbocycles. The molecule has 0 aromatic heterocycles. The molecule has 23 heavy (non-hydrogen) atoms. The number of hydrogen-bond donors (Lipinski definition) is 1. The van der Waals surface area contributed by atoms with Crippen molar-refractivity contribution in [1.82, 2.24) is 0 Å². The van der Waals surface area contributed by atoms with E-state index in [1.807, 2.05) is 30.3 Å². The SMILES string of the molecule is CCOC(=O)C[C@@H]1O[C@@H]2COC(c3ccccc3)O[C@H]2C[C@H]1O. The number of ether oxygens (including phenoxy) is 4. The summed E-state index contributed by atoms with van der Waals surface area (Å²) in [5.74, 6) is -0.366. The highest BCUT2D eigenvalue weighted by Crippen LogP contribution is 2.34. The van der Waals surface area contributed by atoms with Crippen molar-refractivity contribution in [2.75, 3.05) is 13.2 Å². The summed E-state index contributed by atoms with van der Waals surface area (Å²) in [7, 11) is 0. The zero-order valence-electron chi connectivity index (χ0n) is 13.1. The van der Waals surface area contributed by atoms with Gasteiger partial charge in [-0.05, 0) is 6.92 Å². The third kappa shape index (κ3) is 3.90. The van der Waals surface area contributed by atoms with Crippen molar-refractivity contribution in [3.05, 3.63) is 35.9 Å². The fourth-order valence-corrected chi connectivity index (χ4v) is 2.97. The first kappa shape index (κ1) is 16.4. The van der Waals surface area contributed by atoms with Gasteiger partial charge in [-0.3, -0.25) is 4.79 Å². The standard InChI is InChI=1S/C17H22O6/c1-2-20-16(19)9-13-12(18)8-14-15(22-13)10-21-17(23-14)11-6-4-3-5-7-11/h3-7,12-15,17-18H,2,8-10H2,1H3/t12-,13+,14+,15-,17?/m1/s1. The lowest BCUT2D eigenvalue weighted by atomic mass is 9.95. The van der Waals surface area contributed by atoms with E-state index in [4.69, 9.17) is 18.9 Å². The maximum absolute atomic E-state index is 11.6. The molecule has 2 aliphatic heterocycles. The van der Waals surface area contributed by atoms with Gasteiger partial charge >= 0.3 is 5.97 Å². The van der Waals surface area contributed by atoms with Gasteiger partial charge in [0.1, 0.15) is 6.10 Å². The van der Waals surface area contributed by atoms with E-state index in [-0.39, 0.29) is 24.6 Å². The van der Waals surface area contributed by atoms with Gasteiger partial charge in [-0.1, -0.05) is 30.3 Å². The topological polar surface area (TPSA) is 74.2 Å². The number of aliphatic hydroxyl groups excluding tert-OH is 1. The van der Waals surface area contributed by atoms with E-state index in [1.165, 1.54) is 0 Å². The second-order valence-electron chi connectivity index (χ2n) is 5.78. The molecule has 2 saturated heterocycles. The van der Waals surface area contributed by atoms with Crippen LogP contribution in [0.2, 0.25) is 0 Å². The monoisotopic (exact) mass is 322 g/mol. The van der Waals surface area contributed by atoms with Gasteiger partial charge in [0.25, 0.3) is 0 Å². The Morgan fingerprint density at radius 1 is 1.26 bits per heavy atom. The zero-order valence-corrected chi connectivity index (χ0v) is 13.1. The molecule has 0 saturated carbocycles. The van der Waals surface area contributed by atoms with E-state index in [2.05, 4.69) is 0 Å².